The van der Waals surface area contributed by atoms with Crippen molar-refractivity contribution in [1.29, 1.82) is 0 Å². The Hall–Kier alpha value is -0.730. The van der Waals surface area contributed by atoms with Gasteiger partial charge in [0.15, 0.2) is 0 Å². The fourth-order valence-corrected chi connectivity index (χ4v) is 3.10. The fourth-order valence-electron chi connectivity index (χ4n) is 2.81. The maximum atomic E-state index is 6.44. The van der Waals surface area contributed by atoms with Crippen LogP contribution in [0.1, 0.15) is 57.7 Å². The predicted molar refractivity (Wildman–Crippen MR) is 85.9 cm³/mol. The van der Waals surface area contributed by atoms with E-state index in [1.807, 2.05) is 0 Å². The molecule has 0 saturated heterocycles. The summed E-state index contributed by atoms with van der Waals surface area (Å²) < 4.78 is 5.92. The van der Waals surface area contributed by atoms with E-state index in [4.69, 9.17) is 16.3 Å². The molecule has 3 heteroatoms. The second-order valence-corrected chi connectivity index (χ2v) is 6.90. The summed E-state index contributed by atoms with van der Waals surface area (Å²) in [5.41, 5.74) is 2.52. The molecule has 0 spiro atoms. The Labute approximate surface area is 128 Å². The van der Waals surface area contributed by atoms with Crippen LogP contribution in [-0.4, -0.2) is 24.6 Å². The quantitative estimate of drug-likeness (QED) is 0.788. The Morgan fingerprint density at radius 3 is 2.60 bits per heavy atom. The van der Waals surface area contributed by atoms with Gasteiger partial charge in [0.05, 0.1) is 5.02 Å². The van der Waals surface area contributed by atoms with Crippen LogP contribution < -0.4 is 4.74 Å². The molecule has 0 amide bonds. The van der Waals surface area contributed by atoms with E-state index < -0.39 is 0 Å². The Morgan fingerprint density at radius 1 is 1.30 bits per heavy atom. The molecule has 0 aliphatic carbocycles. The third kappa shape index (κ3) is 3.29. The minimum Gasteiger partial charge on any atom is -0.490 e. The first-order chi connectivity index (χ1) is 9.40. The minimum absolute atomic E-state index is 0.353. The molecule has 1 aliphatic rings. The van der Waals surface area contributed by atoms with Crippen molar-refractivity contribution < 1.29 is 4.74 Å². The number of fused-ring (bicyclic) bond motifs is 1. The lowest BCUT2D eigenvalue weighted by molar-refractivity contribution is 0.173. The smallest absolute Gasteiger partial charge is 0.142 e. The van der Waals surface area contributed by atoms with Gasteiger partial charge in [0.25, 0.3) is 0 Å². The number of hydrogen-bond donors (Lipinski definition) is 0. The first-order valence-corrected chi connectivity index (χ1v) is 7.98. The topological polar surface area (TPSA) is 12.5 Å². The third-order valence-electron chi connectivity index (χ3n) is 3.98. The Bertz CT molecular complexity index is 470. The summed E-state index contributed by atoms with van der Waals surface area (Å²) in [5, 5.41) is 0.754. The van der Waals surface area contributed by atoms with Crippen LogP contribution in [0.15, 0.2) is 12.1 Å². The molecule has 2 rings (SSSR count). The molecule has 20 heavy (non-hydrogen) atoms. The molecule has 1 aromatic rings. The van der Waals surface area contributed by atoms with Gasteiger partial charge in [-0.25, -0.2) is 0 Å². The summed E-state index contributed by atoms with van der Waals surface area (Å²) in [6.45, 7) is 13.9. The Balaban J connectivity index is 2.40. The Morgan fingerprint density at radius 2 is 2.00 bits per heavy atom. The zero-order chi connectivity index (χ0) is 14.9. The van der Waals surface area contributed by atoms with Gasteiger partial charge in [0.2, 0.25) is 0 Å². The zero-order valence-electron chi connectivity index (χ0n) is 13.2. The van der Waals surface area contributed by atoms with Crippen molar-refractivity contribution in [2.75, 3.05) is 19.7 Å². The summed E-state index contributed by atoms with van der Waals surface area (Å²) >= 11 is 6.44. The second-order valence-electron chi connectivity index (χ2n) is 6.49. The molecule has 1 aliphatic heterocycles. The van der Waals surface area contributed by atoms with Crippen molar-refractivity contribution in [3.05, 3.63) is 28.3 Å². The molecular formula is C17H26ClNO. The standard InChI is InChI=1S/C17H26ClNO/c1-11(2)10-19-6-7-20-17-15(13(19)5)8-14(12(3)4)9-16(17)18/h8-9,11-13H,6-7,10H2,1-5H3. The maximum absolute atomic E-state index is 6.44. The van der Waals surface area contributed by atoms with Gasteiger partial charge in [0.1, 0.15) is 12.4 Å². The number of hydrogen-bond acceptors (Lipinski definition) is 2. The van der Waals surface area contributed by atoms with Gasteiger partial charge >= 0.3 is 0 Å². The van der Waals surface area contributed by atoms with E-state index in [2.05, 4.69) is 51.7 Å². The summed E-state index contributed by atoms with van der Waals surface area (Å²) in [7, 11) is 0. The fraction of sp³-hybridized carbons (Fsp3) is 0.647. The van der Waals surface area contributed by atoms with Crippen molar-refractivity contribution in [3.63, 3.8) is 0 Å². The molecule has 1 heterocycles. The predicted octanol–water partition coefficient (Wildman–Crippen LogP) is 4.87. The van der Waals surface area contributed by atoms with Gasteiger partial charge < -0.3 is 4.74 Å². The molecule has 0 bridgehead atoms. The van der Waals surface area contributed by atoms with Crippen LogP contribution >= 0.6 is 11.6 Å². The first-order valence-electron chi connectivity index (χ1n) is 7.60. The third-order valence-corrected chi connectivity index (χ3v) is 4.26. The van der Waals surface area contributed by atoms with Crippen LogP contribution in [-0.2, 0) is 0 Å². The maximum Gasteiger partial charge on any atom is 0.142 e. The lowest BCUT2D eigenvalue weighted by atomic mass is 9.96. The van der Waals surface area contributed by atoms with Crippen LogP contribution in [0.4, 0.5) is 0 Å². The molecule has 1 aromatic carbocycles. The Kier molecular flexibility index (Phi) is 4.98. The highest BCUT2D eigenvalue weighted by molar-refractivity contribution is 6.32. The molecule has 2 nitrogen and oxygen atoms in total. The monoisotopic (exact) mass is 295 g/mol. The van der Waals surface area contributed by atoms with Gasteiger partial charge in [-0.1, -0.05) is 45.4 Å². The summed E-state index contributed by atoms with van der Waals surface area (Å²) in [5.74, 6) is 2.02. The zero-order valence-corrected chi connectivity index (χ0v) is 14.0. The first kappa shape index (κ1) is 15.7. The number of benzene rings is 1. The normalized spacial score (nSPS) is 19.9. The molecule has 1 unspecified atom stereocenters. The van der Waals surface area contributed by atoms with Crippen molar-refractivity contribution >= 4 is 11.6 Å². The van der Waals surface area contributed by atoms with E-state index in [1.54, 1.807) is 0 Å². The van der Waals surface area contributed by atoms with E-state index >= 15 is 0 Å². The van der Waals surface area contributed by atoms with E-state index in [1.165, 1.54) is 11.1 Å². The number of halogens is 1. The molecule has 0 fully saturated rings. The van der Waals surface area contributed by atoms with Crippen molar-refractivity contribution in [1.82, 2.24) is 4.90 Å². The number of nitrogens with zero attached hydrogens (tertiary/aromatic N) is 1. The highest BCUT2D eigenvalue weighted by atomic mass is 35.5. The van der Waals surface area contributed by atoms with Gasteiger partial charge in [-0.3, -0.25) is 4.90 Å². The molecule has 0 saturated carbocycles. The van der Waals surface area contributed by atoms with E-state index in [0.29, 0.717) is 24.5 Å². The highest BCUT2D eigenvalue weighted by Crippen LogP contribution is 2.39. The summed E-state index contributed by atoms with van der Waals surface area (Å²) in [4.78, 5) is 2.50. The van der Waals surface area contributed by atoms with Crippen LogP contribution in [0.2, 0.25) is 5.02 Å². The van der Waals surface area contributed by atoms with Gasteiger partial charge in [-0.05, 0) is 30.4 Å². The highest BCUT2D eigenvalue weighted by Gasteiger charge is 2.26. The lowest BCUT2D eigenvalue weighted by Gasteiger charge is -2.29. The number of ether oxygens (including phenoxy) is 1. The van der Waals surface area contributed by atoms with E-state index in [9.17, 15) is 0 Å². The van der Waals surface area contributed by atoms with Gasteiger partial charge in [0, 0.05) is 24.7 Å². The van der Waals surface area contributed by atoms with Gasteiger partial charge in [-0.15, -0.1) is 0 Å². The average Bonchev–Trinajstić information content (AvgIpc) is 2.51. The van der Waals surface area contributed by atoms with Crippen LogP contribution in [0, 0.1) is 5.92 Å². The molecule has 0 radical (unpaired) electrons. The SMILES string of the molecule is CC(C)CN1CCOc2c(Cl)cc(C(C)C)cc2C1C. The van der Waals surface area contributed by atoms with Crippen LogP contribution in [0.5, 0.6) is 5.75 Å². The van der Waals surface area contributed by atoms with Gasteiger partial charge in [-0.2, -0.15) is 0 Å². The molecular weight excluding hydrogens is 270 g/mol. The lowest BCUT2D eigenvalue weighted by Crippen LogP contribution is -2.32. The largest absolute Gasteiger partial charge is 0.490 e. The second kappa shape index (κ2) is 6.36. The minimum atomic E-state index is 0.353. The molecule has 0 N–H and O–H groups in total. The number of rotatable bonds is 3. The van der Waals surface area contributed by atoms with Crippen LogP contribution in [0.3, 0.4) is 0 Å². The molecule has 0 aromatic heterocycles. The van der Waals surface area contributed by atoms with Crippen molar-refractivity contribution in [2.45, 2.75) is 46.6 Å². The van der Waals surface area contributed by atoms with E-state index in [-0.39, 0.29) is 0 Å². The summed E-state index contributed by atoms with van der Waals surface area (Å²) in [6, 6.07) is 4.68. The summed E-state index contributed by atoms with van der Waals surface area (Å²) in [6.07, 6.45) is 0. The average molecular weight is 296 g/mol. The van der Waals surface area contributed by atoms with Crippen LogP contribution in [0.25, 0.3) is 0 Å². The molecule has 112 valence electrons. The van der Waals surface area contributed by atoms with Crippen molar-refractivity contribution in [3.8, 4) is 5.75 Å². The van der Waals surface area contributed by atoms with Crippen molar-refractivity contribution in [2.24, 2.45) is 5.92 Å². The molecule has 1 atom stereocenters. The van der Waals surface area contributed by atoms with E-state index in [0.717, 1.165) is 23.9 Å².